The summed E-state index contributed by atoms with van der Waals surface area (Å²) in [4.78, 5) is 69.4. The van der Waals surface area contributed by atoms with Crippen molar-refractivity contribution >= 4 is 51.5 Å². The first-order valence-corrected chi connectivity index (χ1v) is 14.6. The van der Waals surface area contributed by atoms with Crippen molar-refractivity contribution in [2.75, 3.05) is 0 Å². The molecule has 4 rings (SSSR count). The Hall–Kier alpha value is -5.17. The van der Waals surface area contributed by atoms with Crippen LogP contribution in [0.2, 0.25) is 0 Å². The minimum Gasteiger partial charge on any atom is -0.481 e. The van der Waals surface area contributed by atoms with E-state index in [2.05, 4.69) is 25.9 Å². The summed E-state index contributed by atoms with van der Waals surface area (Å²) in [7, 11) is 0. The first-order valence-electron chi connectivity index (χ1n) is 14.6. The second kappa shape index (κ2) is 14.5. The van der Waals surface area contributed by atoms with E-state index in [0.29, 0.717) is 5.56 Å². The number of aromatic nitrogens is 2. The molecule has 0 aliphatic carbocycles. The molecule has 0 aliphatic heterocycles. The van der Waals surface area contributed by atoms with Crippen LogP contribution in [-0.2, 0) is 36.8 Å². The van der Waals surface area contributed by atoms with Gasteiger partial charge in [-0.2, -0.15) is 0 Å². The van der Waals surface area contributed by atoms with E-state index in [4.69, 9.17) is 10.8 Å². The lowest BCUT2D eigenvalue weighted by Gasteiger charge is -2.26. The van der Waals surface area contributed by atoms with Gasteiger partial charge in [-0.25, -0.2) is 4.79 Å². The highest BCUT2D eigenvalue weighted by atomic mass is 16.4. The maximum Gasteiger partial charge on any atom is 0.326 e. The Kier molecular flexibility index (Phi) is 10.6. The second-order valence-corrected chi connectivity index (χ2v) is 11.5. The second-order valence-electron chi connectivity index (χ2n) is 11.5. The minimum atomic E-state index is -1.72. The van der Waals surface area contributed by atoms with E-state index in [1.807, 2.05) is 62.4 Å². The number of aromatic amines is 2. The average molecular weight is 619 g/mol. The number of aliphatic carboxylic acids is 2. The third-order valence-electron chi connectivity index (χ3n) is 7.52. The Morgan fingerprint density at radius 3 is 1.73 bits per heavy atom. The van der Waals surface area contributed by atoms with Crippen LogP contribution in [0.5, 0.6) is 0 Å². The van der Waals surface area contributed by atoms with Crippen LogP contribution in [0.3, 0.4) is 0 Å². The maximum absolute atomic E-state index is 13.7. The minimum absolute atomic E-state index is 0.0289. The van der Waals surface area contributed by atoms with Gasteiger partial charge in [-0.15, -0.1) is 0 Å². The van der Waals surface area contributed by atoms with Crippen molar-refractivity contribution in [3.8, 4) is 0 Å². The van der Waals surface area contributed by atoms with Gasteiger partial charge in [0.2, 0.25) is 17.7 Å². The molecule has 0 bridgehead atoms. The largest absolute Gasteiger partial charge is 0.481 e. The number of rotatable bonds is 15. The van der Waals surface area contributed by atoms with E-state index in [1.165, 1.54) is 0 Å². The molecule has 0 aliphatic rings. The Morgan fingerprint density at radius 1 is 0.711 bits per heavy atom. The number of carboxylic acid groups (broad SMARTS) is 2. The number of amides is 3. The third kappa shape index (κ3) is 8.48. The Morgan fingerprint density at radius 2 is 1.20 bits per heavy atom. The summed E-state index contributed by atoms with van der Waals surface area (Å²) in [6.07, 6.45) is 3.03. The van der Waals surface area contributed by atoms with Crippen LogP contribution in [0.15, 0.2) is 60.9 Å². The quantitative estimate of drug-likeness (QED) is 0.0980. The standard InChI is InChI=1S/C32H38N6O7/c1-17(2)11-25(36-29(41)22(33)12-18-15-34-23-9-5-3-7-20(18)23)30(42)37-26(31(43)38-27(32(44)45)14-28(39)40)13-19-16-35-24-10-6-4-8-21(19)24/h3-10,15-17,22,25-27,34-35H,11-14,33H2,1-2H3,(H,36,41)(H,37,42)(H,38,43)(H,39,40)(H,44,45). The molecule has 2 aromatic carbocycles. The number of carbonyl (C=O) groups is 5. The number of H-pyrrole nitrogens is 2. The number of fused-ring (bicyclic) bond motifs is 2. The number of hydrogen-bond acceptors (Lipinski definition) is 6. The fourth-order valence-corrected chi connectivity index (χ4v) is 5.26. The molecule has 4 unspecified atom stereocenters. The number of hydrogen-bond donors (Lipinski definition) is 8. The molecule has 3 amide bonds. The predicted octanol–water partition coefficient (Wildman–Crippen LogP) is 1.82. The molecule has 13 heteroatoms. The number of para-hydroxylation sites is 2. The van der Waals surface area contributed by atoms with Crippen molar-refractivity contribution in [1.29, 1.82) is 0 Å². The molecule has 2 aromatic heterocycles. The molecular formula is C32H38N6O7. The highest BCUT2D eigenvalue weighted by Gasteiger charge is 2.32. The number of carboxylic acids is 2. The molecule has 0 radical (unpaired) electrons. The van der Waals surface area contributed by atoms with Crippen LogP contribution in [0.25, 0.3) is 21.8 Å². The van der Waals surface area contributed by atoms with E-state index in [0.717, 1.165) is 27.4 Å². The van der Waals surface area contributed by atoms with Crippen LogP contribution in [-0.4, -0.2) is 74.0 Å². The molecule has 0 fully saturated rings. The Labute approximate surface area is 258 Å². The fraction of sp³-hybridized carbons (Fsp3) is 0.344. The average Bonchev–Trinajstić information content (AvgIpc) is 3.59. The highest BCUT2D eigenvalue weighted by Crippen LogP contribution is 2.21. The van der Waals surface area contributed by atoms with Crippen LogP contribution >= 0.6 is 0 Å². The number of nitrogens with two attached hydrogens (primary N) is 1. The van der Waals surface area contributed by atoms with Gasteiger partial charge < -0.3 is 41.9 Å². The van der Waals surface area contributed by atoms with Gasteiger partial charge in [-0.05, 0) is 42.0 Å². The summed E-state index contributed by atoms with van der Waals surface area (Å²) in [6, 6.07) is 9.90. The fourth-order valence-electron chi connectivity index (χ4n) is 5.26. The van der Waals surface area contributed by atoms with Crippen LogP contribution in [0.4, 0.5) is 0 Å². The van der Waals surface area contributed by atoms with Crippen molar-refractivity contribution in [2.24, 2.45) is 11.7 Å². The zero-order chi connectivity index (χ0) is 32.7. The van der Waals surface area contributed by atoms with Gasteiger partial charge in [-0.1, -0.05) is 50.2 Å². The molecule has 9 N–H and O–H groups in total. The number of nitrogens with one attached hydrogen (secondary N) is 5. The summed E-state index contributed by atoms with van der Waals surface area (Å²) in [6.45, 7) is 3.75. The summed E-state index contributed by atoms with van der Waals surface area (Å²) >= 11 is 0. The normalized spacial score (nSPS) is 14.0. The highest BCUT2D eigenvalue weighted by molar-refractivity contribution is 5.95. The molecule has 0 saturated carbocycles. The monoisotopic (exact) mass is 618 g/mol. The molecule has 238 valence electrons. The lowest BCUT2D eigenvalue weighted by Crippen LogP contribution is -2.58. The Balaban J connectivity index is 1.53. The maximum atomic E-state index is 13.7. The zero-order valence-corrected chi connectivity index (χ0v) is 25.0. The Bertz CT molecular complexity index is 1690. The van der Waals surface area contributed by atoms with E-state index >= 15 is 0 Å². The molecular weight excluding hydrogens is 580 g/mol. The molecule has 0 spiro atoms. The van der Waals surface area contributed by atoms with Crippen molar-refractivity contribution in [3.05, 3.63) is 72.1 Å². The van der Waals surface area contributed by atoms with Crippen molar-refractivity contribution in [3.63, 3.8) is 0 Å². The van der Waals surface area contributed by atoms with Crippen LogP contribution in [0.1, 0.15) is 37.8 Å². The predicted molar refractivity (Wildman–Crippen MR) is 167 cm³/mol. The van der Waals surface area contributed by atoms with Gasteiger partial charge in [0.1, 0.15) is 18.1 Å². The van der Waals surface area contributed by atoms with Gasteiger partial charge in [0.05, 0.1) is 12.5 Å². The summed E-state index contributed by atoms with van der Waals surface area (Å²) < 4.78 is 0. The van der Waals surface area contributed by atoms with Gasteiger partial charge in [-0.3, -0.25) is 19.2 Å². The molecule has 13 nitrogen and oxygen atoms in total. The number of carbonyl (C=O) groups excluding carboxylic acids is 3. The van der Waals surface area contributed by atoms with Gasteiger partial charge in [0, 0.05) is 40.6 Å². The molecule has 0 saturated heterocycles. The summed E-state index contributed by atoms with van der Waals surface area (Å²) in [5, 5.41) is 28.0. The van der Waals surface area contributed by atoms with Gasteiger partial charge in [0.25, 0.3) is 0 Å². The SMILES string of the molecule is CC(C)CC(NC(=O)C(N)Cc1c[nH]c2ccccc12)C(=O)NC(Cc1c[nH]c2ccccc12)C(=O)NC(CC(=O)O)C(=O)O. The van der Waals surface area contributed by atoms with Gasteiger partial charge in [0.15, 0.2) is 0 Å². The first-order chi connectivity index (χ1) is 21.4. The van der Waals surface area contributed by atoms with E-state index < -0.39 is 60.2 Å². The zero-order valence-electron chi connectivity index (χ0n) is 25.0. The van der Waals surface area contributed by atoms with Crippen LogP contribution in [0, 0.1) is 5.92 Å². The van der Waals surface area contributed by atoms with E-state index in [9.17, 15) is 29.1 Å². The smallest absolute Gasteiger partial charge is 0.326 e. The number of benzene rings is 2. The van der Waals surface area contributed by atoms with Crippen molar-refractivity contribution < 1.29 is 34.2 Å². The molecule has 45 heavy (non-hydrogen) atoms. The molecule has 2 heterocycles. The first kappa shape index (κ1) is 32.7. The van der Waals surface area contributed by atoms with Crippen molar-refractivity contribution in [2.45, 2.75) is 63.7 Å². The van der Waals surface area contributed by atoms with Crippen molar-refractivity contribution in [1.82, 2.24) is 25.9 Å². The summed E-state index contributed by atoms with van der Waals surface area (Å²) in [5.74, 6) is -5.07. The molecule has 4 aromatic rings. The van der Waals surface area contributed by atoms with Crippen LogP contribution < -0.4 is 21.7 Å². The molecule has 4 atom stereocenters. The summed E-state index contributed by atoms with van der Waals surface area (Å²) in [5.41, 5.74) is 9.48. The lowest BCUT2D eigenvalue weighted by molar-refractivity contribution is -0.147. The van der Waals surface area contributed by atoms with E-state index in [1.54, 1.807) is 12.4 Å². The lowest BCUT2D eigenvalue weighted by atomic mass is 9.99. The third-order valence-corrected chi connectivity index (χ3v) is 7.52. The topological polar surface area (TPSA) is 219 Å². The van der Waals surface area contributed by atoms with E-state index in [-0.39, 0.29) is 25.2 Å². The van der Waals surface area contributed by atoms with Gasteiger partial charge >= 0.3 is 11.9 Å².